The fraction of sp³-hybridized carbons (Fsp3) is 0.333. The van der Waals surface area contributed by atoms with Gasteiger partial charge in [0.1, 0.15) is 17.4 Å². The number of carbonyl (C=O) groups excluding carboxylic acids is 1. The number of piperidine rings is 1. The molecule has 0 atom stereocenters. The summed E-state index contributed by atoms with van der Waals surface area (Å²) in [5.41, 5.74) is 3.38. The fourth-order valence-electron chi connectivity index (χ4n) is 3.85. The highest BCUT2D eigenvalue weighted by Crippen LogP contribution is 2.26. The topological polar surface area (TPSA) is 42.4 Å². The summed E-state index contributed by atoms with van der Waals surface area (Å²) in [5, 5.41) is 1.09. The van der Waals surface area contributed by atoms with Gasteiger partial charge in [-0.3, -0.25) is 9.78 Å². The number of aromatic nitrogens is 1. The molecule has 1 fully saturated rings. The number of pyridine rings is 1. The fourth-order valence-corrected chi connectivity index (χ4v) is 3.85. The maximum atomic E-state index is 12.6. The van der Waals surface area contributed by atoms with Crippen molar-refractivity contribution in [3.8, 4) is 5.75 Å². The molecular weight excluding hydrogens is 348 g/mol. The van der Waals surface area contributed by atoms with Gasteiger partial charge in [-0.15, -0.1) is 0 Å². The van der Waals surface area contributed by atoms with Crippen molar-refractivity contribution >= 4 is 16.8 Å². The van der Waals surface area contributed by atoms with Crippen molar-refractivity contribution in [2.24, 2.45) is 0 Å². The Morgan fingerprint density at radius 3 is 2.71 bits per heavy atom. The summed E-state index contributed by atoms with van der Waals surface area (Å²) in [6, 6.07) is 18.4. The highest BCUT2D eigenvalue weighted by Gasteiger charge is 2.24. The van der Waals surface area contributed by atoms with E-state index in [4.69, 9.17) is 4.74 Å². The molecule has 0 saturated carbocycles. The molecule has 1 aromatic heterocycles. The van der Waals surface area contributed by atoms with Gasteiger partial charge in [0.05, 0.1) is 0 Å². The van der Waals surface area contributed by atoms with Crippen molar-refractivity contribution in [3.05, 3.63) is 71.9 Å². The molecule has 0 aliphatic carbocycles. The Hall–Kier alpha value is -2.88. The summed E-state index contributed by atoms with van der Waals surface area (Å²) in [6.07, 6.45) is 5.03. The van der Waals surface area contributed by atoms with Gasteiger partial charge in [0.2, 0.25) is 5.91 Å². The number of ether oxygens (including phenoxy) is 1. The van der Waals surface area contributed by atoms with Crippen molar-refractivity contribution < 1.29 is 9.53 Å². The first-order chi connectivity index (χ1) is 13.7. The van der Waals surface area contributed by atoms with E-state index in [1.807, 2.05) is 35.2 Å². The van der Waals surface area contributed by atoms with Gasteiger partial charge in [-0.05, 0) is 31.0 Å². The Balaban J connectivity index is 1.30. The summed E-state index contributed by atoms with van der Waals surface area (Å²) in [5.74, 6) is 1.08. The van der Waals surface area contributed by atoms with E-state index in [9.17, 15) is 4.79 Å². The van der Waals surface area contributed by atoms with Gasteiger partial charge >= 0.3 is 0 Å². The average Bonchev–Trinajstić information content (AvgIpc) is 2.73. The van der Waals surface area contributed by atoms with Gasteiger partial charge < -0.3 is 9.64 Å². The van der Waals surface area contributed by atoms with E-state index in [0.29, 0.717) is 6.42 Å². The largest absolute Gasteiger partial charge is 0.488 e. The van der Waals surface area contributed by atoms with Gasteiger partial charge in [0.15, 0.2) is 0 Å². The second-order valence-corrected chi connectivity index (χ2v) is 7.52. The molecule has 4 heteroatoms. The van der Waals surface area contributed by atoms with Crippen molar-refractivity contribution in [3.63, 3.8) is 0 Å². The van der Waals surface area contributed by atoms with Crippen LogP contribution < -0.4 is 4.74 Å². The summed E-state index contributed by atoms with van der Waals surface area (Å²) < 4.78 is 6.24. The molecule has 0 spiro atoms. The summed E-state index contributed by atoms with van der Waals surface area (Å²) >= 11 is 0. The number of likely N-dealkylation sites (tertiary alicyclic amines) is 1. The maximum absolute atomic E-state index is 12.6. The van der Waals surface area contributed by atoms with Crippen LogP contribution in [-0.2, 0) is 11.2 Å². The van der Waals surface area contributed by atoms with Crippen LogP contribution in [0.4, 0.5) is 0 Å². The van der Waals surface area contributed by atoms with Crippen LogP contribution in [-0.4, -0.2) is 35.0 Å². The van der Waals surface area contributed by atoms with Crippen LogP contribution in [0.15, 0.2) is 60.8 Å². The third-order valence-electron chi connectivity index (χ3n) is 5.39. The lowest BCUT2D eigenvalue weighted by Gasteiger charge is -2.32. The first kappa shape index (κ1) is 18.5. The van der Waals surface area contributed by atoms with Gasteiger partial charge in [-0.25, -0.2) is 0 Å². The second-order valence-electron chi connectivity index (χ2n) is 7.52. The van der Waals surface area contributed by atoms with E-state index in [0.717, 1.165) is 49.0 Å². The molecule has 1 saturated heterocycles. The summed E-state index contributed by atoms with van der Waals surface area (Å²) in [6.45, 7) is 3.60. The third-order valence-corrected chi connectivity index (χ3v) is 5.39. The first-order valence-corrected chi connectivity index (χ1v) is 10.0. The molecule has 28 heavy (non-hydrogen) atoms. The van der Waals surface area contributed by atoms with E-state index in [1.165, 1.54) is 11.1 Å². The van der Waals surface area contributed by atoms with Crippen molar-refractivity contribution in [2.45, 2.75) is 38.7 Å². The standard InChI is InChI=1S/C24H26N2O2/c1-18-5-2-6-19(17-18)10-11-23(27)26-15-12-21(13-16-26)28-22-9-3-7-20-8-4-14-25-24(20)22/h2-9,14,17,21H,10-13,15-16H2,1H3. The molecule has 1 amide bonds. The first-order valence-electron chi connectivity index (χ1n) is 10.0. The van der Waals surface area contributed by atoms with Crippen LogP contribution in [0.2, 0.25) is 0 Å². The third kappa shape index (κ3) is 4.33. The number of carbonyl (C=O) groups is 1. The van der Waals surface area contributed by atoms with Crippen LogP contribution in [0.5, 0.6) is 5.75 Å². The van der Waals surface area contributed by atoms with E-state index in [1.54, 1.807) is 6.20 Å². The normalized spacial score (nSPS) is 15.0. The minimum absolute atomic E-state index is 0.133. The number of nitrogens with zero attached hydrogens (tertiary/aromatic N) is 2. The second kappa shape index (κ2) is 8.42. The molecule has 1 aliphatic heterocycles. The zero-order valence-corrected chi connectivity index (χ0v) is 16.3. The van der Waals surface area contributed by atoms with Crippen molar-refractivity contribution in [2.75, 3.05) is 13.1 Å². The van der Waals surface area contributed by atoms with Crippen molar-refractivity contribution in [1.29, 1.82) is 0 Å². The zero-order valence-electron chi connectivity index (χ0n) is 16.3. The van der Waals surface area contributed by atoms with E-state index >= 15 is 0 Å². The lowest BCUT2D eigenvalue weighted by atomic mass is 10.0. The number of rotatable bonds is 5. The average molecular weight is 374 g/mol. The smallest absolute Gasteiger partial charge is 0.222 e. The minimum Gasteiger partial charge on any atom is -0.488 e. The van der Waals surface area contributed by atoms with Gasteiger partial charge in [-0.1, -0.05) is 48.0 Å². The molecule has 3 aromatic rings. The molecule has 0 radical (unpaired) electrons. The van der Waals surface area contributed by atoms with E-state index < -0.39 is 0 Å². The van der Waals surface area contributed by atoms with E-state index in [-0.39, 0.29) is 12.0 Å². The molecule has 4 rings (SSSR count). The summed E-state index contributed by atoms with van der Waals surface area (Å²) in [7, 11) is 0. The Labute approximate surface area is 166 Å². The highest BCUT2D eigenvalue weighted by atomic mass is 16.5. The van der Waals surface area contributed by atoms with Crippen LogP contribution in [0.25, 0.3) is 10.9 Å². The molecule has 0 N–H and O–H groups in total. The van der Waals surface area contributed by atoms with E-state index in [2.05, 4.69) is 36.2 Å². The monoisotopic (exact) mass is 374 g/mol. The Kier molecular flexibility index (Phi) is 5.56. The lowest BCUT2D eigenvalue weighted by molar-refractivity contribution is -0.132. The zero-order chi connectivity index (χ0) is 19.3. The molecule has 0 bridgehead atoms. The van der Waals surface area contributed by atoms with Crippen LogP contribution in [0.3, 0.4) is 0 Å². The Morgan fingerprint density at radius 2 is 1.89 bits per heavy atom. The number of benzene rings is 2. The highest BCUT2D eigenvalue weighted by molar-refractivity contribution is 5.84. The Bertz CT molecular complexity index is 956. The number of para-hydroxylation sites is 1. The van der Waals surface area contributed by atoms with Gasteiger partial charge in [-0.2, -0.15) is 0 Å². The van der Waals surface area contributed by atoms with Crippen LogP contribution in [0, 0.1) is 6.92 Å². The maximum Gasteiger partial charge on any atom is 0.222 e. The quantitative estimate of drug-likeness (QED) is 0.658. The molecule has 1 aliphatic rings. The van der Waals surface area contributed by atoms with Gasteiger partial charge in [0.25, 0.3) is 0 Å². The molecule has 2 aromatic carbocycles. The lowest BCUT2D eigenvalue weighted by Crippen LogP contribution is -2.41. The van der Waals surface area contributed by atoms with Crippen LogP contribution in [0.1, 0.15) is 30.4 Å². The molecular formula is C24H26N2O2. The minimum atomic E-state index is 0.133. The number of hydrogen-bond acceptors (Lipinski definition) is 3. The summed E-state index contributed by atoms with van der Waals surface area (Å²) in [4.78, 5) is 19.0. The molecule has 0 unspecified atom stereocenters. The van der Waals surface area contributed by atoms with Crippen molar-refractivity contribution in [1.82, 2.24) is 9.88 Å². The SMILES string of the molecule is Cc1cccc(CCC(=O)N2CCC(Oc3cccc4cccnc34)CC2)c1. The predicted octanol–water partition coefficient (Wildman–Crippen LogP) is 4.55. The molecule has 2 heterocycles. The number of aryl methyl sites for hydroxylation is 2. The molecule has 144 valence electrons. The predicted molar refractivity (Wildman–Crippen MR) is 111 cm³/mol. The molecule has 4 nitrogen and oxygen atoms in total. The number of amides is 1. The van der Waals surface area contributed by atoms with Crippen LogP contribution >= 0.6 is 0 Å². The Morgan fingerprint density at radius 1 is 1.11 bits per heavy atom. The number of fused-ring (bicyclic) bond motifs is 1. The van der Waals surface area contributed by atoms with Gasteiger partial charge in [0, 0.05) is 43.9 Å². The number of hydrogen-bond donors (Lipinski definition) is 0.